The summed E-state index contributed by atoms with van der Waals surface area (Å²) in [6.45, 7) is 1.95. The third-order valence-corrected chi connectivity index (χ3v) is 3.37. The number of urea groups is 1. The third kappa shape index (κ3) is 7.91. The minimum Gasteiger partial charge on any atom is -0.350 e. The molecular formula is C16H23N5O4. The molecule has 0 unspecified atom stereocenters. The van der Waals surface area contributed by atoms with E-state index in [1.54, 1.807) is 0 Å². The molecule has 9 nitrogen and oxygen atoms in total. The van der Waals surface area contributed by atoms with Crippen molar-refractivity contribution < 1.29 is 14.4 Å². The summed E-state index contributed by atoms with van der Waals surface area (Å²) in [5.74, 6) is -0.606. The Hall–Kier alpha value is -2.97. The van der Waals surface area contributed by atoms with Gasteiger partial charge in [-0.05, 0) is 18.4 Å². The Bertz CT molecular complexity index is 593. The lowest BCUT2D eigenvalue weighted by atomic mass is 10.1. The van der Waals surface area contributed by atoms with E-state index in [2.05, 4.69) is 21.2 Å². The molecule has 4 amide bonds. The average molecular weight is 349 g/mol. The van der Waals surface area contributed by atoms with Crippen LogP contribution in [0.4, 0.5) is 4.79 Å². The fourth-order valence-electron chi connectivity index (χ4n) is 2.08. The van der Waals surface area contributed by atoms with Gasteiger partial charge >= 0.3 is 6.03 Å². The maximum atomic E-state index is 12.3. The van der Waals surface area contributed by atoms with Crippen molar-refractivity contribution in [2.24, 2.45) is 5.29 Å². The summed E-state index contributed by atoms with van der Waals surface area (Å²) in [5.41, 5.74) is 0.953. The number of carbonyl (C=O) groups is 3. The standard InChI is InChI=1S/C16H23N5O4/c1-12(22)19-14(9-6-10-17-16(24)21(2)20-25)15(23)18-11-13-7-4-3-5-8-13/h3-5,7-8,14H,6,9-11H2,1-2H3,(H,17,24)(H,18,23)(H,19,22)/t14-/m0/s1. The maximum absolute atomic E-state index is 12.3. The molecule has 0 aromatic heterocycles. The van der Waals surface area contributed by atoms with Gasteiger partial charge in [-0.1, -0.05) is 30.3 Å². The number of carbonyl (C=O) groups excluding carboxylic acids is 3. The lowest BCUT2D eigenvalue weighted by molar-refractivity contribution is -0.128. The van der Waals surface area contributed by atoms with Crippen LogP contribution in [0.1, 0.15) is 25.3 Å². The summed E-state index contributed by atoms with van der Waals surface area (Å²) < 4.78 is 0. The van der Waals surface area contributed by atoms with Gasteiger partial charge in [-0.2, -0.15) is 5.01 Å². The van der Waals surface area contributed by atoms with E-state index in [0.717, 1.165) is 5.56 Å². The van der Waals surface area contributed by atoms with Crippen molar-refractivity contribution in [3.05, 3.63) is 40.8 Å². The largest absolute Gasteiger partial charge is 0.350 e. The van der Waals surface area contributed by atoms with E-state index in [0.29, 0.717) is 24.4 Å². The minimum absolute atomic E-state index is 0.251. The molecule has 0 bridgehead atoms. The topological polar surface area (TPSA) is 120 Å². The van der Waals surface area contributed by atoms with Crippen LogP contribution in [0.5, 0.6) is 0 Å². The molecule has 3 N–H and O–H groups in total. The third-order valence-electron chi connectivity index (χ3n) is 3.37. The first-order valence-corrected chi connectivity index (χ1v) is 7.87. The van der Waals surface area contributed by atoms with Gasteiger partial charge in [0.15, 0.2) is 0 Å². The van der Waals surface area contributed by atoms with Crippen LogP contribution in [0.15, 0.2) is 35.6 Å². The Balaban J connectivity index is 2.44. The van der Waals surface area contributed by atoms with Crippen LogP contribution in [0.2, 0.25) is 0 Å². The van der Waals surface area contributed by atoms with Gasteiger partial charge in [0.2, 0.25) is 11.8 Å². The molecule has 0 saturated carbocycles. The van der Waals surface area contributed by atoms with Crippen molar-refractivity contribution >= 4 is 17.8 Å². The fourth-order valence-corrected chi connectivity index (χ4v) is 2.08. The first-order valence-electron chi connectivity index (χ1n) is 7.87. The first-order chi connectivity index (χ1) is 11.9. The van der Waals surface area contributed by atoms with E-state index >= 15 is 0 Å². The number of hydrogen-bond acceptors (Lipinski definition) is 5. The zero-order valence-corrected chi connectivity index (χ0v) is 14.3. The van der Waals surface area contributed by atoms with Crippen molar-refractivity contribution in [3.8, 4) is 0 Å². The molecule has 0 saturated heterocycles. The van der Waals surface area contributed by atoms with Crippen molar-refractivity contribution in [1.82, 2.24) is 21.0 Å². The lowest BCUT2D eigenvalue weighted by Gasteiger charge is -2.18. The maximum Gasteiger partial charge on any atom is 0.340 e. The fraction of sp³-hybridized carbons (Fsp3) is 0.438. The number of benzene rings is 1. The molecule has 0 aliphatic carbocycles. The lowest BCUT2D eigenvalue weighted by Crippen LogP contribution is -2.46. The predicted octanol–water partition coefficient (Wildman–Crippen LogP) is 0.911. The first kappa shape index (κ1) is 20.1. The highest BCUT2D eigenvalue weighted by Crippen LogP contribution is 2.01. The van der Waals surface area contributed by atoms with Crippen LogP contribution in [-0.4, -0.2) is 42.5 Å². The van der Waals surface area contributed by atoms with Gasteiger partial charge in [-0.25, -0.2) is 4.79 Å². The van der Waals surface area contributed by atoms with Crippen LogP contribution >= 0.6 is 0 Å². The molecule has 136 valence electrons. The zero-order valence-electron chi connectivity index (χ0n) is 14.3. The summed E-state index contributed by atoms with van der Waals surface area (Å²) in [6.07, 6.45) is 0.793. The molecule has 25 heavy (non-hydrogen) atoms. The quantitative estimate of drug-likeness (QED) is 0.349. The molecular weight excluding hydrogens is 326 g/mol. The van der Waals surface area contributed by atoms with Crippen molar-refractivity contribution in [1.29, 1.82) is 0 Å². The SMILES string of the molecule is CC(=O)N[C@@H](CCCNC(=O)N(C)N=O)C(=O)NCc1ccccc1. The second-order valence-corrected chi connectivity index (χ2v) is 5.44. The zero-order chi connectivity index (χ0) is 18.7. The van der Waals surface area contributed by atoms with E-state index in [9.17, 15) is 19.3 Å². The summed E-state index contributed by atoms with van der Waals surface area (Å²) >= 11 is 0. The number of rotatable bonds is 9. The monoisotopic (exact) mass is 349 g/mol. The van der Waals surface area contributed by atoms with Gasteiger partial charge in [0.1, 0.15) is 6.04 Å². The Labute approximate surface area is 146 Å². The normalized spacial score (nSPS) is 11.1. The van der Waals surface area contributed by atoms with E-state index in [4.69, 9.17) is 0 Å². The Kier molecular flexibility index (Phi) is 8.62. The Morgan fingerprint density at radius 2 is 1.84 bits per heavy atom. The van der Waals surface area contributed by atoms with E-state index < -0.39 is 12.1 Å². The van der Waals surface area contributed by atoms with Gasteiger partial charge in [-0.15, -0.1) is 4.91 Å². The Morgan fingerprint density at radius 1 is 1.16 bits per heavy atom. The molecule has 0 fully saturated rings. The molecule has 0 radical (unpaired) electrons. The summed E-state index contributed by atoms with van der Waals surface area (Å²) in [7, 11) is 1.24. The molecule has 1 aromatic carbocycles. The summed E-state index contributed by atoms with van der Waals surface area (Å²) in [6, 6.07) is 8.10. The van der Waals surface area contributed by atoms with Crippen molar-refractivity contribution in [3.63, 3.8) is 0 Å². The highest BCUT2D eigenvalue weighted by Gasteiger charge is 2.19. The van der Waals surface area contributed by atoms with Gasteiger partial charge in [-0.3, -0.25) is 9.59 Å². The van der Waals surface area contributed by atoms with Gasteiger partial charge in [0, 0.05) is 27.1 Å². The van der Waals surface area contributed by atoms with E-state index in [1.807, 2.05) is 30.3 Å². The Morgan fingerprint density at radius 3 is 2.44 bits per heavy atom. The molecule has 9 heteroatoms. The second kappa shape index (κ2) is 10.7. The molecule has 0 heterocycles. The van der Waals surface area contributed by atoms with Crippen LogP contribution in [-0.2, 0) is 16.1 Å². The van der Waals surface area contributed by atoms with Crippen LogP contribution in [0.25, 0.3) is 0 Å². The van der Waals surface area contributed by atoms with Crippen LogP contribution in [0.3, 0.4) is 0 Å². The van der Waals surface area contributed by atoms with E-state index in [1.165, 1.54) is 14.0 Å². The minimum atomic E-state index is -0.694. The number of nitrogens with zero attached hydrogens (tertiary/aromatic N) is 2. The molecule has 0 spiro atoms. The molecule has 0 aliphatic heterocycles. The number of nitrogens with one attached hydrogen (secondary N) is 3. The number of hydrogen-bond donors (Lipinski definition) is 3. The van der Waals surface area contributed by atoms with Gasteiger partial charge < -0.3 is 16.0 Å². The molecule has 1 rings (SSSR count). The smallest absolute Gasteiger partial charge is 0.340 e. The summed E-state index contributed by atoms with van der Waals surface area (Å²) in [4.78, 5) is 45.1. The molecule has 1 aromatic rings. The predicted molar refractivity (Wildman–Crippen MR) is 92.1 cm³/mol. The van der Waals surface area contributed by atoms with Crippen molar-refractivity contribution in [2.75, 3.05) is 13.6 Å². The summed E-state index contributed by atoms with van der Waals surface area (Å²) in [5, 5.41) is 11.0. The molecule has 1 atom stereocenters. The van der Waals surface area contributed by atoms with E-state index in [-0.39, 0.29) is 18.4 Å². The van der Waals surface area contributed by atoms with Crippen LogP contribution < -0.4 is 16.0 Å². The highest BCUT2D eigenvalue weighted by atomic mass is 16.3. The van der Waals surface area contributed by atoms with Crippen molar-refractivity contribution in [2.45, 2.75) is 32.4 Å². The van der Waals surface area contributed by atoms with Gasteiger partial charge in [0.25, 0.3) is 0 Å². The average Bonchev–Trinajstić information content (AvgIpc) is 2.61. The molecule has 0 aliphatic rings. The number of amides is 4. The van der Waals surface area contributed by atoms with Gasteiger partial charge in [0.05, 0.1) is 5.29 Å². The van der Waals surface area contributed by atoms with Crippen LogP contribution in [0, 0.1) is 4.91 Å². The number of nitroso groups, excluding NO2 is 1. The highest BCUT2D eigenvalue weighted by molar-refractivity contribution is 5.86. The second-order valence-electron chi connectivity index (χ2n) is 5.44.